The van der Waals surface area contributed by atoms with Gasteiger partial charge in [0.05, 0.1) is 9.71 Å². The highest BCUT2D eigenvalue weighted by Gasteiger charge is 2.15. The molecule has 0 spiro atoms. The summed E-state index contributed by atoms with van der Waals surface area (Å²) in [5, 5.41) is 18.6. The van der Waals surface area contributed by atoms with E-state index in [1.165, 1.54) is 11.3 Å². The molecule has 0 atom stereocenters. The third-order valence-corrected chi connectivity index (χ3v) is 2.51. The van der Waals surface area contributed by atoms with Crippen LogP contribution in [0.1, 0.15) is 5.01 Å². The molecule has 2 aromatic heterocycles. The van der Waals surface area contributed by atoms with E-state index in [0.717, 1.165) is 15.4 Å². The van der Waals surface area contributed by atoms with Crippen LogP contribution in [0.25, 0.3) is 10.3 Å². The van der Waals surface area contributed by atoms with E-state index in [4.69, 9.17) is 10.0 Å². The van der Waals surface area contributed by atoms with Crippen LogP contribution in [0.15, 0.2) is 6.07 Å². The van der Waals surface area contributed by atoms with Crippen LogP contribution in [-0.2, 0) is 0 Å². The van der Waals surface area contributed by atoms with Gasteiger partial charge in [0, 0.05) is 5.59 Å². The van der Waals surface area contributed by atoms with Crippen LogP contribution in [0.4, 0.5) is 0 Å². The number of nitrogens with one attached hydrogen (secondary N) is 1. The molecule has 3 N–H and O–H groups in total. The highest BCUT2D eigenvalue weighted by molar-refractivity contribution is 7.18. The second-order valence-electron chi connectivity index (χ2n) is 2.54. The summed E-state index contributed by atoms with van der Waals surface area (Å²) >= 11 is 1.53. The van der Waals surface area contributed by atoms with Crippen molar-refractivity contribution in [1.82, 2.24) is 9.97 Å². The number of thiazole rings is 1. The summed E-state index contributed by atoms with van der Waals surface area (Å²) in [7, 11) is -1.44. The molecule has 0 amide bonds. The Bertz CT molecular complexity index is 377. The Kier molecular flexibility index (Phi) is 1.68. The Hall–Kier alpha value is -0.845. The molecule has 2 heterocycles. The van der Waals surface area contributed by atoms with E-state index in [9.17, 15) is 0 Å². The lowest BCUT2D eigenvalue weighted by molar-refractivity contribution is 0.424. The molecule has 0 aliphatic rings. The van der Waals surface area contributed by atoms with Gasteiger partial charge in [-0.15, -0.1) is 11.3 Å². The van der Waals surface area contributed by atoms with Crippen molar-refractivity contribution >= 4 is 34.4 Å². The normalized spacial score (nSPS) is 10.9. The van der Waals surface area contributed by atoms with Crippen LogP contribution >= 0.6 is 11.3 Å². The first-order valence-corrected chi connectivity index (χ1v) is 4.30. The average molecular weight is 182 g/mol. The number of aromatic amines is 1. The molecule has 4 nitrogen and oxygen atoms in total. The van der Waals surface area contributed by atoms with Crippen LogP contribution in [0, 0.1) is 6.92 Å². The van der Waals surface area contributed by atoms with Crippen molar-refractivity contribution in [2.45, 2.75) is 6.92 Å². The van der Waals surface area contributed by atoms with Gasteiger partial charge in [-0.05, 0) is 13.0 Å². The lowest BCUT2D eigenvalue weighted by Gasteiger charge is -1.90. The maximum atomic E-state index is 8.81. The largest absolute Gasteiger partial charge is 0.505 e. The summed E-state index contributed by atoms with van der Waals surface area (Å²) in [5.74, 6) is 0. The lowest BCUT2D eigenvalue weighted by Crippen LogP contribution is -2.30. The number of H-pyrrole nitrogens is 1. The fourth-order valence-electron chi connectivity index (χ4n) is 1.08. The minimum atomic E-state index is -1.44. The van der Waals surface area contributed by atoms with Gasteiger partial charge in [0.25, 0.3) is 0 Å². The summed E-state index contributed by atoms with van der Waals surface area (Å²) in [6.45, 7) is 1.91. The van der Waals surface area contributed by atoms with Crippen molar-refractivity contribution < 1.29 is 10.0 Å². The molecular weight excluding hydrogens is 175 g/mol. The minimum Gasteiger partial charge on any atom is -0.422 e. The maximum absolute atomic E-state index is 8.81. The number of aromatic nitrogens is 2. The van der Waals surface area contributed by atoms with E-state index < -0.39 is 7.12 Å². The maximum Gasteiger partial charge on any atom is 0.505 e. The minimum absolute atomic E-state index is 0.392. The average Bonchev–Trinajstić information content (AvgIpc) is 2.42. The summed E-state index contributed by atoms with van der Waals surface area (Å²) in [6.07, 6.45) is 0. The van der Waals surface area contributed by atoms with Crippen LogP contribution in [0.3, 0.4) is 0 Å². The molecule has 2 rings (SSSR count). The molecule has 12 heavy (non-hydrogen) atoms. The number of hydrogen-bond acceptors (Lipinski definition) is 4. The van der Waals surface area contributed by atoms with Gasteiger partial charge in [-0.1, -0.05) is 0 Å². The Morgan fingerprint density at radius 2 is 2.33 bits per heavy atom. The van der Waals surface area contributed by atoms with Gasteiger partial charge in [0.2, 0.25) is 0 Å². The van der Waals surface area contributed by atoms with E-state index in [1.54, 1.807) is 6.07 Å². The molecule has 0 radical (unpaired) electrons. The van der Waals surface area contributed by atoms with Crippen molar-refractivity contribution in [3.05, 3.63) is 11.1 Å². The summed E-state index contributed by atoms with van der Waals surface area (Å²) in [5.41, 5.74) is 1.12. The summed E-state index contributed by atoms with van der Waals surface area (Å²) in [4.78, 5) is 6.97. The number of hydrogen-bond donors (Lipinski definition) is 3. The number of fused-ring (bicyclic) bond motifs is 1. The molecule has 0 saturated heterocycles. The molecule has 0 saturated carbocycles. The second-order valence-corrected chi connectivity index (χ2v) is 3.78. The van der Waals surface area contributed by atoms with Gasteiger partial charge in [-0.2, -0.15) is 0 Å². The SMILES string of the molecule is Cc1nc2[nH]c(B(O)O)cc2s1. The summed E-state index contributed by atoms with van der Waals surface area (Å²) in [6, 6.07) is 1.70. The zero-order chi connectivity index (χ0) is 8.72. The zero-order valence-electron chi connectivity index (χ0n) is 6.40. The first kappa shape index (κ1) is 7.79. The smallest absolute Gasteiger partial charge is 0.422 e. The molecular formula is C6H7BN2O2S. The van der Waals surface area contributed by atoms with E-state index in [2.05, 4.69) is 9.97 Å². The Morgan fingerprint density at radius 1 is 1.58 bits per heavy atom. The fourth-order valence-corrected chi connectivity index (χ4v) is 1.92. The van der Waals surface area contributed by atoms with Gasteiger partial charge < -0.3 is 15.0 Å². The molecule has 0 unspecified atom stereocenters. The molecule has 6 heteroatoms. The monoisotopic (exact) mass is 182 g/mol. The van der Waals surface area contributed by atoms with Crippen LogP contribution < -0.4 is 5.59 Å². The van der Waals surface area contributed by atoms with Crippen LogP contribution in [0.5, 0.6) is 0 Å². The van der Waals surface area contributed by atoms with Crippen LogP contribution in [-0.4, -0.2) is 27.1 Å². The quantitative estimate of drug-likeness (QED) is 0.526. The van der Waals surface area contributed by atoms with E-state index in [-0.39, 0.29) is 0 Å². The van der Waals surface area contributed by atoms with Gasteiger partial charge in [-0.25, -0.2) is 4.98 Å². The third kappa shape index (κ3) is 1.14. The van der Waals surface area contributed by atoms with Gasteiger partial charge in [0.15, 0.2) is 0 Å². The standard InChI is InChI=1S/C6H7BN2O2S/c1-3-8-6-4(12-3)2-5(9-6)7(10)11/h2,9-11H,1H3. The Labute approximate surface area is 73.0 Å². The molecule has 2 aromatic rings. The molecule has 0 aromatic carbocycles. The predicted molar refractivity (Wildman–Crippen MR) is 48.5 cm³/mol. The van der Waals surface area contributed by atoms with Crippen molar-refractivity contribution in [3.8, 4) is 0 Å². The first-order valence-electron chi connectivity index (χ1n) is 3.49. The van der Waals surface area contributed by atoms with Crippen molar-refractivity contribution in [3.63, 3.8) is 0 Å². The molecule has 62 valence electrons. The number of aryl methyl sites for hydroxylation is 1. The van der Waals surface area contributed by atoms with Crippen molar-refractivity contribution in [2.24, 2.45) is 0 Å². The van der Waals surface area contributed by atoms with Crippen molar-refractivity contribution in [1.29, 1.82) is 0 Å². The highest BCUT2D eigenvalue weighted by atomic mass is 32.1. The summed E-state index contributed by atoms with van der Waals surface area (Å²) < 4.78 is 0.954. The first-order chi connectivity index (χ1) is 5.66. The number of nitrogens with zero attached hydrogens (tertiary/aromatic N) is 1. The van der Waals surface area contributed by atoms with E-state index in [1.807, 2.05) is 6.92 Å². The van der Waals surface area contributed by atoms with Gasteiger partial charge in [0.1, 0.15) is 5.65 Å². The van der Waals surface area contributed by atoms with E-state index in [0.29, 0.717) is 5.59 Å². The molecule has 0 fully saturated rings. The van der Waals surface area contributed by atoms with Gasteiger partial charge >= 0.3 is 7.12 Å². The topological polar surface area (TPSA) is 69.1 Å². The fraction of sp³-hybridized carbons (Fsp3) is 0.167. The van der Waals surface area contributed by atoms with Gasteiger partial charge in [-0.3, -0.25) is 0 Å². The molecule has 0 aliphatic carbocycles. The second kappa shape index (κ2) is 2.58. The predicted octanol–water partition coefficient (Wildman–Crippen LogP) is -0.387. The molecule has 0 bridgehead atoms. The molecule has 0 aliphatic heterocycles. The zero-order valence-corrected chi connectivity index (χ0v) is 7.22. The van der Waals surface area contributed by atoms with Crippen molar-refractivity contribution in [2.75, 3.05) is 0 Å². The Balaban J connectivity index is 2.57. The highest BCUT2D eigenvalue weighted by Crippen LogP contribution is 2.18. The Morgan fingerprint density at radius 3 is 2.92 bits per heavy atom. The van der Waals surface area contributed by atoms with Crippen LogP contribution in [0.2, 0.25) is 0 Å². The third-order valence-electron chi connectivity index (χ3n) is 1.59. The number of rotatable bonds is 1. The lowest BCUT2D eigenvalue weighted by atomic mass is 9.87. The van der Waals surface area contributed by atoms with E-state index >= 15 is 0 Å².